The zero-order valence-electron chi connectivity index (χ0n) is 15.3. The predicted octanol–water partition coefficient (Wildman–Crippen LogP) is 3.79. The first kappa shape index (κ1) is 18.6. The quantitative estimate of drug-likeness (QED) is 0.415. The molecule has 0 radical (unpaired) electrons. The van der Waals surface area contributed by atoms with Crippen LogP contribution in [0.2, 0.25) is 0 Å². The number of anilines is 2. The van der Waals surface area contributed by atoms with E-state index in [1.807, 2.05) is 10.8 Å². The van der Waals surface area contributed by atoms with Gasteiger partial charge in [0.05, 0.1) is 29.3 Å². The molecule has 7 nitrogen and oxygen atoms in total. The lowest BCUT2D eigenvalue weighted by molar-refractivity contribution is 0.102. The second-order valence-corrected chi connectivity index (χ2v) is 6.52. The van der Waals surface area contributed by atoms with Crippen LogP contribution in [-0.2, 0) is 6.54 Å². The number of carbonyl (C=O) groups excluding carboxylic acids is 1. The molecule has 9 heteroatoms. The number of nitrogens with zero attached hydrogens (tertiary/aromatic N) is 3. The van der Waals surface area contributed by atoms with Gasteiger partial charge in [-0.2, -0.15) is 5.10 Å². The molecule has 0 fully saturated rings. The van der Waals surface area contributed by atoms with Crippen molar-refractivity contribution in [3.63, 3.8) is 0 Å². The van der Waals surface area contributed by atoms with Gasteiger partial charge in [0, 0.05) is 42.6 Å². The summed E-state index contributed by atoms with van der Waals surface area (Å²) in [6.07, 6.45) is 7.58. The number of nitrogens with one attached hydrogen (secondary N) is 3. The highest BCUT2D eigenvalue weighted by atomic mass is 19.1. The molecule has 0 saturated heterocycles. The molecule has 2 heterocycles. The Hall–Kier alpha value is -3.75. The van der Waals surface area contributed by atoms with Crippen molar-refractivity contribution in [1.29, 1.82) is 0 Å². The van der Waals surface area contributed by atoms with Crippen LogP contribution < -0.4 is 10.6 Å². The van der Waals surface area contributed by atoms with E-state index in [1.54, 1.807) is 36.9 Å². The molecule has 0 aliphatic heterocycles. The summed E-state index contributed by atoms with van der Waals surface area (Å²) < 4.78 is 30.2. The number of hydrogen-bond acceptors (Lipinski definition) is 4. The molecule has 3 N–H and O–H groups in total. The minimum atomic E-state index is -0.924. The van der Waals surface area contributed by atoms with E-state index < -0.39 is 17.5 Å². The highest BCUT2D eigenvalue weighted by Gasteiger charge is 2.16. The smallest absolute Gasteiger partial charge is 0.258 e. The van der Waals surface area contributed by atoms with Crippen molar-refractivity contribution >= 4 is 28.2 Å². The average molecular weight is 396 g/mol. The molecule has 1 amide bonds. The number of benzene rings is 2. The van der Waals surface area contributed by atoms with Gasteiger partial charge < -0.3 is 15.2 Å². The van der Waals surface area contributed by atoms with Crippen molar-refractivity contribution in [3.8, 4) is 0 Å². The first-order valence-corrected chi connectivity index (χ1v) is 9.03. The molecule has 29 heavy (non-hydrogen) atoms. The Balaban J connectivity index is 1.44. The van der Waals surface area contributed by atoms with Gasteiger partial charge in [0.2, 0.25) is 0 Å². The minimum Gasteiger partial charge on any atom is -0.383 e. The van der Waals surface area contributed by atoms with Crippen LogP contribution in [0.5, 0.6) is 0 Å². The predicted molar refractivity (Wildman–Crippen MR) is 106 cm³/mol. The van der Waals surface area contributed by atoms with Gasteiger partial charge in [0.1, 0.15) is 11.6 Å². The summed E-state index contributed by atoms with van der Waals surface area (Å²) >= 11 is 0. The highest BCUT2D eigenvalue weighted by Crippen LogP contribution is 2.22. The summed E-state index contributed by atoms with van der Waals surface area (Å²) in [5.41, 5.74) is 1.05. The maximum Gasteiger partial charge on any atom is 0.258 e. The summed E-state index contributed by atoms with van der Waals surface area (Å²) in [5.74, 6) is -2.34. The molecule has 4 rings (SSSR count). The van der Waals surface area contributed by atoms with E-state index in [-0.39, 0.29) is 11.3 Å². The van der Waals surface area contributed by atoms with Crippen molar-refractivity contribution in [3.05, 3.63) is 72.4 Å². The van der Waals surface area contributed by atoms with Gasteiger partial charge in [-0.3, -0.25) is 9.89 Å². The number of fused-ring (bicyclic) bond motifs is 1. The van der Waals surface area contributed by atoms with Crippen molar-refractivity contribution in [1.82, 2.24) is 19.7 Å². The monoisotopic (exact) mass is 396 g/mol. The van der Waals surface area contributed by atoms with Crippen LogP contribution >= 0.6 is 0 Å². The zero-order chi connectivity index (χ0) is 20.2. The van der Waals surface area contributed by atoms with E-state index in [9.17, 15) is 13.6 Å². The summed E-state index contributed by atoms with van der Waals surface area (Å²) in [6.45, 7) is 1.16. The van der Waals surface area contributed by atoms with E-state index in [2.05, 4.69) is 25.8 Å². The van der Waals surface area contributed by atoms with Gasteiger partial charge in [-0.25, -0.2) is 13.8 Å². The Kier molecular flexibility index (Phi) is 5.19. The molecule has 4 aromatic rings. The Bertz CT molecular complexity index is 1140. The molecule has 0 spiro atoms. The summed E-state index contributed by atoms with van der Waals surface area (Å²) in [4.78, 5) is 16.5. The minimum absolute atomic E-state index is 0.0752. The van der Waals surface area contributed by atoms with E-state index in [4.69, 9.17) is 0 Å². The highest BCUT2D eigenvalue weighted by molar-refractivity contribution is 6.05. The molecule has 0 atom stereocenters. The molecule has 0 aliphatic carbocycles. The number of imidazole rings is 1. The molecule has 148 valence electrons. The third-order valence-electron chi connectivity index (χ3n) is 4.47. The number of halogens is 2. The summed E-state index contributed by atoms with van der Waals surface area (Å²) in [6, 6.07) is 7.06. The van der Waals surface area contributed by atoms with Gasteiger partial charge in [0.25, 0.3) is 5.91 Å². The van der Waals surface area contributed by atoms with E-state index in [1.165, 1.54) is 6.07 Å². The van der Waals surface area contributed by atoms with Crippen molar-refractivity contribution in [2.45, 2.75) is 13.0 Å². The lowest BCUT2D eigenvalue weighted by Gasteiger charge is -2.11. The van der Waals surface area contributed by atoms with Gasteiger partial charge in [-0.05, 0) is 30.7 Å². The summed E-state index contributed by atoms with van der Waals surface area (Å²) in [5, 5.41) is 13.1. The number of hydrogen-bond donors (Lipinski definition) is 3. The molecule has 2 aromatic heterocycles. The number of rotatable bonds is 7. The Labute approximate surface area is 164 Å². The maximum absolute atomic E-state index is 14.2. The van der Waals surface area contributed by atoms with Crippen LogP contribution in [0, 0.1) is 11.6 Å². The Morgan fingerprint density at radius 2 is 2.07 bits per heavy atom. The largest absolute Gasteiger partial charge is 0.383 e. The standard InChI is InChI=1S/C20H18F2N6O/c21-16-10-17(22)19(24-4-1-6-28-7-5-23-12-28)9-15(16)20(29)26-14-3-2-13-11-25-27-18(13)8-14/h2-3,5,7-12,24H,1,4,6H2,(H,25,27)(H,26,29). The lowest BCUT2D eigenvalue weighted by atomic mass is 10.1. The van der Waals surface area contributed by atoms with Crippen LogP contribution in [-0.4, -0.2) is 32.2 Å². The molecular formula is C20H18F2N6O. The number of aryl methyl sites for hydroxylation is 1. The Morgan fingerprint density at radius 1 is 1.17 bits per heavy atom. The van der Waals surface area contributed by atoms with Crippen molar-refractivity contribution in [2.75, 3.05) is 17.2 Å². The third-order valence-corrected chi connectivity index (χ3v) is 4.47. The maximum atomic E-state index is 14.2. The molecule has 0 bridgehead atoms. The molecule has 0 saturated carbocycles. The SMILES string of the molecule is O=C(Nc1ccc2cn[nH]c2c1)c1cc(NCCCn2ccnc2)c(F)cc1F. The van der Waals surface area contributed by atoms with E-state index in [0.717, 1.165) is 10.9 Å². The fourth-order valence-electron chi connectivity index (χ4n) is 2.98. The number of amides is 1. The van der Waals surface area contributed by atoms with Crippen LogP contribution in [0.3, 0.4) is 0 Å². The number of H-pyrrole nitrogens is 1. The molecule has 0 unspecified atom stereocenters. The molecular weight excluding hydrogens is 378 g/mol. The molecule has 0 aliphatic rings. The average Bonchev–Trinajstić information content (AvgIpc) is 3.37. The number of carbonyl (C=O) groups is 1. The zero-order valence-corrected chi connectivity index (χ0v) is 15.3. The van der Waals surface area contributed by atoms with Gasteiger partial charge in [-0.1, -0.05) is 0 Å². The normalized spacial score (nSPS) is 11.0. The molecule has 2 aromatic carbocycles. The second kappa shape index (κ2) is 8.09. The second-order valence-electron chi connectivity index (χ2n) is 6.52. The van der Waals surface area contributed by atoms with Gasteiger partial charge in [-0.15, -0.1) is 0 Å². The topological polar surface area (TPSA) is 87.6 Å². The fraction of sp³-hybridized carbons (Fsp3) is 0.150. The van der Waals surface area contributed by atoms with Crippen LogP contribution in [0.25, 0.3) is 10.9 Å². The third kappa shape index (κ3) is 4.23. The Morgan fingerprint density at radius 3 is 2.90 bits per heavy atom. The first-order valence-electron chi connectivity index (χ1n) is 9.03. The van der Waals surface area contributed by atoms with Crippen molar-refractivity contribution < 1.29 is 13.6 Å². The van der Waals surface area contributed by atoms with Gasteiger partial charge >= 0.3 is 0 Å². The van der Waals surface area contributed by atoms with E-state index in [0.29, 0.717) is 31.3 Å². The van der Waals surface area contributed by atoms with Crippen LogP contribution in [0.1, 0.15) is 16.8 Å². The number of aromatic nitrogens is 4. The van der Waals surface area contributed by atoms with E-state index >= 15 is 0 Å². The first-order chi connectivity index (χ1) is 14.1. The van der Waals surface area contributed by atoms with Gasteiger partial charge in [0.15, 0.2) is 0 Å². The summed E-state index contributed by atoms with van der Waals surface area (Å²) in [7, 11) is 0. The fourth-order valence-corrected chi connectivity index (χ4v) is 2.98. The van der Waals surface area contributed by atoms with Crippen LogP contribution in [0.15, 0.2) is 55.2 Å². The number of aromatic amines is 1. The lowest BCUT2D eigenvalue weighted by Crippen LogP contribution is -2.15. The van der Waals surface area contributed by atoms with Crippen molar-refractivity contribution in [2.24, 2.45) is 0 Å². The van der Waals surface area contributed by atoms with Crippen LogP contribution in [0.4, 0.5) is 20.2 Å².